The highest BCUT2D eigenvalue weighted by Crippen LogP contribution is 2.40. The maximum atomic E-state index is 11.1. The SMILES string of the molecule is COc1ccc(S(=O)(=O)Cl)c(Cl)c1OC. The van der Waals surface area contributed by atoms with Crippen LogP contribution in [0.4, 0.5) is 0 Å². The van der Waals surface area contributed by atoms with Crippen molar-refractivity contribution >= 4 is 31.3 Å². The molecule has 0 aromatic heterocycles. The molecule has 0 fully saturated rings. The second-order valence-electron chi connectivity index (χ2n) is 2.55. The van der Waals surface area contributed by atoms with E-state index in [9.17, 15) is 8.42 Å². The Morgan fingerprint density at radius 3 is 2.20 bits per heavy atom. The number of ether oxygens (including phenoxy) is 2. The Balaban J connectivity index is 3.50. The zero-order valence-electron chi connectivity index (χ0n) is 7.95. The normalized spacial score (nSPS) is 11.2. The summed E-state index contributed by atoms with van der Waals surface area (Å²) in [5, 5.41) is -0.0909. The summed E-state index contributed by atoms with van der Waals surface area (Å²) in [6, 6.07) is 2.67. The predicted molar refractivity (Wildman–Crippen MR) is 57.6 cm³/mol. The van der Waals surface area contributed by atoms with Crippen LogP contribution in [0.5, 0.6) is 11.5 Å². The number of hydrogen-bond donors (Lipinski definition) is 0. The Hall–Kier alpha value is -0.650. The molecule has 1 aromatic rings. The smallest absolute Gasteiger partial charge is 0.262 e. The van der Waals surface area contributed by atoms with Crippen LogP contribution in [-0.4, -0.2) is 22.6 Å². The van der Waals surface area contributed by atoms with Crippen LogP contribution in [0.1, 0.15) is 0 Å². The molecule has 4 nitrogen and oxygen atoms in total. The molecule has 0 saturated heterocycles. The van der Waals surface area contributed by atoms with Gasteiger partial charge >= 0.3 is 0 Å². The van der Waals surface area contributed by atoms with Crippen molar-refractivity contribution in [1.82, 2.24) is 0 Å². The second kappa shape index (κ2) is 4.47. The van der Waals surface area contributed by atoms with Crippen molar-refractivity contribution in [3.63, 3.8) is 0 Å². The highest BCUT2D eigenvalue weighted by atomic mass is 35.7. The fourth-order valence-electron chi connectivity index (χ4n) is 1.06. The topological polar surface area (TPSA) is 52.6 Å². The van der Waals surface area contributed by atoms with Crippen LogP contribution in [0.2, 0.25) is 5.02 Å². The van der Waals surface area contributed by atoms with Gasteiger partial charge < -0.3 is 9.47 Å². The Labute approximate surface area is 97.1 Å². The van der Waals surface area contributed by atoms with E-state index in [1.54, 1.807) is 0 Å². The lowest BCUT2D eigenvalue weighted by atomic mass is 10.3. The number of hydrogen-bond acceptors (Lipinski definition) is 4. The Morgan fingerprint density at radius 2 is 1.80 bits per heavy atom. The molecule has 0 N–H and O–H groups in total. The third-order valence-electron chi connectivity index (χ3n) is 1.71. The molecule has 0 unspecified atom stereocenters. The molecular weight excluding hydrogens is 263 g/mol. The molecule has 0 amide bonds. The number of halogens is 2. The Morgan fingerprint density at radius 1 is 1.20 bits per heavy atom. The fourth-order valence-corrected chi connectivity index (χ4v) is 2.64. The zero-order valence-corrected chi connectivity index (χ0v) is 10.3. The zero-order chi connectivity index (χ0) is 11.6. The number of rotatable bonds is 3. The van der Waals surface area contributed by atoms with E-state index in [1.807, 2.05) is 0 Å². The maximum Gasteiger partial charge on any atom is 0.262 e. The van der Waals surface area contributed by atoms with Gasteiger partial charge in [0.05, 0.1) is 14.2 Å². The van der Waals surface area contributed by atoms with E-state index < -0.39 is 9.05 Å². The molecule has 0 aliphatic rings. The summed E-state index contributed by atoms with van der Waals surface area (Å²) in [4.78, 5) is -0.205. The van der Waals surface area contributed by atoms with Gasteiger partial charge in [0, 0.05) is 10.7 Å². The maximum absolute atomic E-state index is 11.1. The van der Waals surface area contributed by atoms with Crippen molar-refractivity contribution in [2.75, 3.05) is 14.2 Å². The van der Waals surface area contributed by atoms with Gasteiger partial charge in [0.25, 0.3) is 9.05 Å². The molecule has 15 heavy (non-hydrogen) atoms. The average Bonchev–Trinajstić information content (AvgIpc) is 2.15. The highest BCUT2D eigenvalue weighted by Gasteiger charge is 2.20. The van der Waals surface area contributed by atoms with E-state index in [1.165, 1.54) is 26.4 Å². The van der Waals surface area contributed by atoms with Crippen LogP contribution in [0.15, 0.2) is 17.0 Å². The van der Waals surface area contributed by atoms with Crippen LogP contribution >= 0.6 is 22.3 Å². The number of benzene rings is 1. The molecule has 0 aliphatic carbocycles. The predicted octanol–water partition coefficient (Wildman–Crippen LogP) is 2.28. The third-order valence-corrected chi connectivity index (χ3v) is 3.56. The molecule has 0 aliphatic heterocycles. The molecule has 7 heteroatoms. The summed E-state index contributed by atoms with van der Waals surface area (Å²) in [5.41, 5.74) is 0. The van der Waals surface area contributed by atoms with Crippen LogP contribution in [0, 0.1) is 0 Å². The van der Waals surface area contributed by atoms with Gasteiger partial charge in [-0.05, 0) is 12.1 Å². The van der Waals surface area contributed by atoms with Gasteiger partial charge in [-0.15, -0.1) is 0 Å². The Bertz CT molecular complexity index is 470. The molecule has 0 bridgehead atoms. The lowest BCUT2D eigenvalue weighted by molar-refractivity contribution is 0.354. The van der Waals surface area contributed by atoms with E-state index in [0.717, 1.165) is 0 Å². The average molecular weight is 271 g/mol. The van der Waals surface area contributed by atoms with Gasteiger partial charge in [0.1, 0.15) is 9.92 Å². The molecule has 1 rings (SSSR count). The van der Waals surface area contributed by atoms with Crippen molar-refractivity contribution in [3.8, 4) is 11.5 Å². The quantitative estimate of drug-likeness (QED) is 0.791. The van der Waals surface area contributed by atoms with Crippen LogP contribution < -0.4 is 9.47 Å². The minimum atomic E-state index is -3.89. The Kier molecular flexibility index (Phi) is 3.70. The van der Waals surface area contributed by atoms with Crippen molar-refractivity contribution in [2.45, 2.75) is 4.90 Å². The minimum absolute atomic E-state index is 0.0909. The van der Waals surface area contributed by atoms with Gasteiger partial charge in [-0.3, -0.25) is 0 Å². The van der Waals surface area contributed by atoms with Crippen molar-refractivity contribution < 1.29 is 17.9 Å². The van der Waals surface area contributed by atoms with E-state index in [-0.39, 0.29) is 15.7 Å². The molecule has 0 heterocycles. The monoisotopic (exact) mass is 270 g/mol. The summed E-state index contributed by atoms with van der Waals surface area (Å²) in [7, 11) is 4.07. The lowest BCUT2D eigenvalue weighted by Crippen LogP contribution is -1.97. The minimum Gasteiger partial charge on any atom is -0.493 e. The fraction of sp³-hybridized carbons (Fsp3) is 0.250. The molecule has 1 aromatic carbocycles. The molecule has 0 atom stereocenters. The van der Waals surface area contributed by atoms with Crippen molar-refractivity contribution in [3.05, 3.63) is 17.2 Å². The summed E-state index contributed by atoms with van der Waals surface area (Å²) in [6.07, 6.45) is 0. The van der Waals surface area contributed by atoms with Crippen LogP contribution in [0.25, 0.3) is 0 Å². The van der Waals surface area contributed by atoms with Gasteiger partial charge in [-0.1, -0.05) is 11.6 Å². The summed E-state index contributed by atoms with van der Waals surface area (Å²) < 4.78 is 32.1. The van der Waals surface area contributed by atoms with Crippen LogP contribution in [-0.2, 0) is 9.05 Å². The van der Waals surface area contributed by atoms with E-state index in [2.05, 4.69) is 0 Å². The van der Waals surface area contributed by atoms with Gasteiger partial charge in [0.15, 0.2) is 11.5 Å². The largest absolute Gasteiger partial charge is 0.493 e. The first-order valence-corrected chi connectivity index (χ1v) is 6.45. The lowest BCUT2D eigenvalue weighted by Gasteiger charge is -2.10. The molecule has 0 spiro atoms. The summed E-state index contributed by atoms with van der Waals surface area (Å²) >= 11 is 5.81. The van der Waals surface area contributed by atoms with E-state index in [4.69, 9.17) is 31.8 Å². The third kappa shape index (κ3) is 2.48. The molecule has 0 saturated carbocycles. The van der Waals surface area contributed by atoms with Gasteiger partial charge in [-0.25, -0.2) is 8.42 Å². The molecular formula is C8H8Cl2O4S. The van der Waals surface area contributed by atoms with E-state index in [0.29, 0.717) is 5.75 Å². The summed E-state index contributed by atoms with van der Waals surface area (Å²) in [6.45, 7) is 0. The molecule has 84 valence electrons. The number of methoxy groups -OCH3 is 2. The van der Waals surface area contributed by atoms with Gasteiger partial charge in [-0.2, -0.15) is 0 Å². The molecule has 0 radical (unpaired) electrons. The highest BCUT2D eigenvalue weighted by molar-refractivity contribution is 8.13. The van der Waals surface area contributed by atoms with Crippen LogP contribution in [0.3, 0.4) is 0 Å². The van der Waals surface area contributed by atoms with Crippen molar-refractivity contribution in [1.29, 1.82) is 0 Å². The first-order chi connectivity index (χ1) is 6.91. The first kappa shape index (κ1) is 12.4. The second-order valence-corrected chi connectivity index (χ2v) is 5.46. The van der Waals surface area contributed by atoms with Gasteiger partial charge in [0.2, 0.25) is 0 Å². The van der Waals surface area contributed by atoms with E-state index >= 15 is 0 Å². The first-order valence-electron chi connectivity index (χ1n) is 3.77. The van der Waals surface area contributed by atoms with Crippen molar-refractivity contribution in [2.24, 2.45) is 0 Å². The summed E-state index contributed by atoms with van der Waals surface area (Å²) in [5.74, 6) is 0.479. The standard InChI is InChI=1S/C8H8Cl2O4S/c1-13-5-3-4-6(15(10,11)12)7(9)8(5)14-2/h3-4H,1-2H3.